The van der Waals surface area contributed by atoms with Crippen LogP contribution >= 0.6 is 27.3 Å². The van der Waals surface area contributed by atoms with E-state index >= 15 is 0 Å². The summed E-state index contributed by atoms with van der Waals surface area (Å²) < 4.78 is 16.9. The number of ether oxygens (including phenoxy) is 2. The van der Waals surface area contributed by atoms with Crippen LogP contribution in [0.15, 0.2) is 62.8 Å². The van der Waals surface area contributed by atoms with Crippen LogP contribution in [-0.2, 0) is 16.1 Å². The number of halogens is 1. The fourth-order valence-electron chi connectivity index (χ4n) is 2.45. The van der Waals surface area contributed by atoms with Gasteiger partial charge in [-0.25, -0.2) is 0 Å². The standard InChI is InChI=1S/C20H18BrNO5S/c1-25-19(23)11-16(18-3-2-10-28-18)22-20(24)17-9-8-15(27-17)12-26-14-6-4-13(21)5-7-14/h2-10,16H,11-12H2,1H3,(H,22,24). The van der Waals surface area contributed by atoms with Crippen molar-refractivity contribution in [3.8, 4) is 5.75 Å². The number of methoxy groups -OCH3 is 1. The van der Waals surface area contributed by atoms with E-state index in [0.717, 1.165) is 9.35 Å². The Morgan fingerprint density at radius 1 is 1.18 bits per heavy atom. The SMILES string of the molecule is COC(=O)CC(NC(=O)c1ccc(COc2ccc(Br)cc2)o1)c1cccs1. The molecule has 1 atom stereocenters. The molecule has 0 saturated heterocycles. The lowest BCUT2D eigenvalue weighted by molar-refractivity contribution is -0.141. The van der Waals surface area contributed by atoms with Crippen molar-refractivity contribution < 1.29 is 23.5 Å². The molecule has 0 saturated carbocycles. The molecule has 2 heterocycles. The normalized spacial score (nSPS) is 11.6. The summed E-state index contributed by atoms with van der Waals surface area (Å²) in [6, 6.07) is 13.9. The number of thiophene rings is 1. The van der Waals surface area contributed by atoms with Crippen molar-refractivity contribution in [3.05, 3.63) is 74.8 Å². The number of nitrogens with one attached hydrogen (secondary N) is 1. The number of furan rings is 1. The molecule has 2 aromatic heterocycles. The molecular weight excluding hydrogens is 446 g/mol. The number of carbonyl (C=O) groups excluding carboxylic acids is 2. The number of amides is 1. The maximum absolute atomic E-state index is 12.5. The van der Waals surface area contributed by atoms with Gasteiger partial charge < -0.3 is 19.2 Å². The van der Waals surface area contributed by atoms with Gasteiger partial charge in [-0.2, -0.15) is 0 Å². The second kappa shape index (κ2) is 9.57. The highest BCUT2D eigenvalue weighted by atomic mass is 79.9. The van der Waals surface area contributed by atoms with Crippen molar-refractivity contribution in [1.82, 2.24) is 5.32 Å². The van der Waals surface area contributed by atoms with Crippen LogP contribution in [0.2, 0.25) is 0 Å². The van der Waals surface area contributed by atoms with E-state index in [4.69, 9.17) is 13.9 Å². The van der Waals surface area contributed by atoms with Crippen LogP contribution < -0.4 is 10.1 Å². The maximum atomic E-state index is 12.5. The van der Waals surface area contributed by atoms with Gasteiger partial charge in [-0.15, -0.1) is 11.3 Å². The Morgan fingerprint density at radius 3 is 2.64 bits per heavy atom. The van der Waals surface area contributed by atoms with E-state index in [-0.39, 0.29) is 18.8 Å². The third-order valence-electron chi connectivity index (χ3n) is 3.87. The van der Waals surface area contributed by atoms with E-state index in [9.17, 15) is 9.59 Å². The zero-order valence-electron chi connectivity index (χ0n) is 15.0. The quantitative estimate of drug-likeness (QED) is 0.489. The van der Waals surface area contributed by atoms with Crippen LogP contribution in [0, 0.1) is 0 Å². The first-order chi connectivity index (χ1) is 13.5. The first kappa shape index (κ1) is 20.2. The second-order valence-electron chi connectivity index (χ2n) is 5.83. The number of esters is 1. The van der Waals surface area contributed by atoms with Gasteiger partial charge in [0, 0.05) is 9.35 Å². The van der Waals surface area contributed by atoms with Gasteiger partial charge in [0.2, 0.25) is 0 Å². The van der Waals surface area contributed by atoms with Gasteiger partial charge in [0.25, 0.3) is 5.91 Å². The second-order valence-corrected chi connectivity index (χ2v) is 7.73. The van der Waals surface area contributed by atoms with Crippen LogP contribution in [-0.4, -0.2) is 19.0 Å². The molecule has 1 N–H and O–H groups in total. The van der Waals surface area contributed by atoms with Gasteiger partial charge in [-0.3, -0.25) is 9.59 Å². The Labute approximate surface area is 174 Å². The molecule has 3 rings (SSSR count). The molecule has 0 aliphatic heterocycles. The number of benzene rings is 1. The monoisotopic (exact) mass is 463 g/mol. The zero-order chi connectivity index (χ0) is 19.9. The maximum Gasteiger partial charge on any atom is 0.307 e. The molecule has 0 aliphatic carbocycles. The summed E-state index contributed by atoms with van der Waals surface area (Å²) in [5.74, 6) is 0.565. The third-order valence-corrected chi connectivity index (χ3v) is 5.39. The number of hydrogen-bond donors (Lipinski definition) is 1. The molecule has 8 heteroatoms. The molecule has 28 heavy (non-hydrogen) atoms. The van der Waals surface area contributed by atoms with Gasteiger partial charge in [-0.1, -0.05) is 22.0 Å². The molecule has 0 bridgehead atoms. The van der Waals surface area contributed by atoms with E-state index in [1.807, 2.05) is 41.8 Å². The summed E-state index contributed by atoms with van der Waals surface area (Å²) in [7, 11) is 1.32. The van der Waals surface area contributed by atoms with E-state index < -0.39 is 17.9 Å². The summed E-state index contributed by atoms with van der Waals surface area (Å²) >= 11 is 4.82. The van der Waals surface area contributed by atoms with E-state index in [1.54, 1.807) is 12.1 Å². The van der Waals surface area contributed by atoms with Crippen molar-refractivity contribution in [2.24, 2.45) is 0 Å². The zero-order valence-corrected chi connectivity index (χ0v) is 17.4. The van der Waals surface area contributed by atoms with Crippen molar-refractivity contribution in [2.75, 3.05) is 7.11 Å². The minimum atomic E-state index is -0.479. The van der Waals surface area contributed by atoms with Gasteiger partial charge in [0.1, 0.15) is 18.1 Å². The summed E-state index contributed by atoms with van der Waals surface area (Å²) in [5.41, 5.74) is 0. The largest absolute Gasteiger partial charge is 0.486 e. The van der Waals surface area contributed by atoms with Crippen molar-refractivity contribution in [3.63, 3.8) is 0 Å². The number of carbonyl (C=O) groups is 2. The smallest absolute Gasteiger partial charge is 0.307 e. The van der Waals surface area contributed by atoms with Crippen molar-refractivity contribution in [2.45, 2.75) is 19.1 Å². The van der Waals surface area contributed by atoms with Crippen LogP contribution in [0.25, 0.3) is 0 Å². The molecule has 0 radical (unpaired) electrons. The molecule has 3 aromatic rings. The van der Waals surface area contributed by atoms with E-state index in [2.05, 4.69) is 21.2 Å². The lowest BCUT2D eigenvalue weighted by Crippen LogP contribution is -2.29. The first-order valence-corrected chi connectivity index (χ1v) is 10.1. The first-order valence-electron chi connectivity index (χ1n) is 8.43. The summed E-state index contributed by atoms with van der Waals surface area (Å²) in [6.07, 6.45) is 0.0446. The Balaban J connectivity index is 1.61. The topological polar surface area (TPSA) is 77.8 Å². The lowest BCUT2D eigenvalue weighted by atomic mass is 10.1. The van der Waals surface area contributed by atoms with Crippen molar-refractivity contribution in [1.29, 1.82) is 0 Å². The molecule has 146 valence electrons. The highest BCUT2D eigenvalue weighted by Crippen LogP contribution is 2.23. The minimum Gasteiger partial charge on any atom is -0.486 e. The fraction of sp³-hybridized carbons (Fsp3) is 0.200. The average molecular weight is 464 g/mol. The highest BCUT2D eigenvalue weighted by Gasteiger charge is 2.22. The predicted octanol–water partition coefficient (Wildman–Crippen LogP) is 4.72. The van der Waals surface area contributed by atoms with Gasteiger partial charge >= 0.3 is 5.97 Å². The van der Waals surface area contributed by atoms with E-state index in [1.165, 1.54) is 18.4 Å². The molecule has 1 unspecified atom stereocenters. The molecule has 0 aliphatic rings. The number of hydrogen-bond acceptors (Lipinski definition) is 6. The summed E-state index contributed by atoms with van der Waals surface area (Å²) in [4.78, 5) is 25.1. The Kier molecular flexibility index (Phi) is 6.89. The molecule has 1 aromatic carbocycles. The Hall–Kier alpha value is -2.58. The van der Waals surface area contributed by atoms with Crippen LogP contribution in [0.3, 0.4) is 0 Å². The Bertz CT molecular complexity index is 920. The summed E-state index contributed by atoms with van der Waals surface area (Å²) in [5, 5.41) is 4.71. The van der Waals surface area contributed by atoms with Crippen molar-refractivity contribution >= 4 is 39.1 Å². The fourth-order valence-corrected chi connectivity index (χ4v) is 3.50. The Morgan fingerprint density at radius 2 is 1.96 bits per heavy atom. The minimum absolute atomic E-state index is 0.0446. The van der Waals surface area contributed by atoms with Gasteiger partial charge in [-0.05, 0) is 47.8 Å². The molecule has 1 amide bonds. The highest BCUT2D eigenvalue weighted by molar-refractivity contribution is 9.10. The molecule has 0 fully saturated rings. The number of rotatable bonds is 8. The van der Waals surface area contributed by atoms with Crippen LogP contribution in [0.5, 0.6) is 5.75 Å². The van der Waals surface area contributed by atoms with Crippen LogP contribution in [0.4, 0.5) is 0 Å². The van der Waals surface area contributed by atoms with Gasteiger partial charge in [0.15, 0.2) is 5.76 Å². The third kappa shape index (κ3) is 5.46. The summed E-state index contributed by atoms with van der Waals surface area (Å²) in [6.45, 7) is 0.200. The predicted molar refractivity (Wildman–Crippen MR) is 108 cm³/mol. The lowest BCUT2D eigenvalue weighted by Gasteiger charge is -2.15. The van der Waals surface area contributed by atoms with E-state index in [0.29, 0.717) is 11.5 Å². The van der Waals surface area contributed by atoms with Crippen LogP contribution in [0.1, 0.15) is 33.7 Å². The molecule has 0 spiro atoms. The average Bonchev–Trinajstić information content (AvgIpc) is 3.39. The molecule has 6 nitrogen and oxygen atoms in total. The van der Waals surface area contributed by atoms with Gasteiger partial charge in [0.05, 0.1) is 19.6 Å². The molecular formula is C20H18BrNO5S.